The molecule has 0 spiro atoms. The van der Waals surface area contributed by atoms with Crippen LogP contribution < -0.4 is 5.73 Å². The van der Waals surface area contributed by atoms with Gasteiger partial charge in [0.1, 0.15) is 0 Å². The van der Waals surface area contributed by atoms with E-state index in [1.807, 2.05) is 89.8 Å². The summed E-state index contributed by atoms with van der Waals surface area (Å²) < 4.78 is 0. The fraction of sp³-hybridized carbons (Fsp3) is 0.300. The standard InChI is InChI=1S/C30H32N4O2/c1-2-18-33(20-22-16-17-22)27(35)24-11-9-10-23(19-24)21-34-28(36)30(32-29(34)31,25-12-5-3-6-13-25)26-14-7-4-8-15-26/h3-15,19,22H,2,16-18,20-21H2,1H3,(H2,31,32). The molecule has 1 aliphatic carbocycles. The molecular formula is C30H32N4O2. The lowest BCUT2D eigenvalue weighted by Crippen LogP contribution is -2.43. The van der Waals surface area contributed by atoms with Gasteiger partial charge in [-0.1, -0.05) is 79.7 Å². The molecule has 2 aliphatic rings. The van der Waals surface area contributed by atoms with Crippen LogP contribution in [-0.4, -0.2) is 40.7 Å². The molecule has 36 heavy (non-hydrogen) atoms. The van der Waals surface area contributed by atoms with Gasteiger partial charge < -0.3 is 10.6 Å². The number of nitrogens with two attached hydrogens (primary N) is 1. The van der Waals surface area contributed by atoms with Gasteiger partial charge in [-0.05, 0) is 54.0 Å². The SMILES string of the molecule is CCCN(CC1CC1)C(=O)c1cccc(CN2C(=O)C(c3ccccc3)(c3ccccc3)N=C2N)c1. The third kappa shape index (κ3) is 4.51. The van der Waals surface area contributed by atoms with Crippen molar-refractivity contribution < 1.29 is 9.59 Å². The van der Waals surface area contributed by atoms with Crippen molar-refractivity contribution in [3.05, 3.63) is 107 Å². The van der Waals surface area contributed by atoms with Crippen LogP contribution in [0.4, 0.5) is 0 Å². The molecule has 3 aromatic rings. The van der Waals surface area contributed by atoms with Crippen molar-refractivity contribution in [2.75, 3.05) is 13.1 Å². The second-order valence-electron chi connectivity index (χ2n) is 9.70. The van der Waals surface area contributed by atoms with E-state index in [1.165, 1.54) is 17.7 Å². The molecule has 0 aromatic heterocycles. The molecule has 5 rings (SSSR count). The van der Waals surface area contributed by atoms with Gasteiger partial charge in [0.2, 0.25) is 0 Å². The molecule has 0 unspecified atom stereocenters. The predicted octanol–water partition coefficient (Wildman–Crippen LogP) is 4.55. The van der Waals surface area contributed by atoms with Crippen LogP contribution in [0.15, 0.2) is 89.9 Å². The van der Waals surface area contributed by atoms with Gasteiger partial charge >= 0.3 is 0 Å². The summed E-state index contributed by atoms with van der Waals surface area (Å²) in [6, 6.07) is 26.6. The minimum atomic E-state index is -1.23. The molecule has 0 atom stereocenters. The van der Waals surface area contributed by atoms with Gasteiger partial charge in [-0.15, -0.1) is 0 Å². The molecule has 184 valence electrons. The lowest BCUT2D eigenvalue weighted by molar-refractivity contribution is -0.130. The van der Waals surface area contributed by atoms with Crippen LogP contribution in [0.2, 0.25) is 0 Å². The molecule has 1 heterocycles. The van der Waals surface area contributed by atoms with Crippen molar-refractivity contribution in [2.24, 2.45) is 16.6 Å². The summed E-state index contributed by atoms with van der Waals surface area (Å²) >= 11 is 0. The van der Waals surface area contributed by atoms with Crippen LogP contribution in [0.25, 0.3) is 0 Å². The van der Waals surface area contributed by atoms with E-state index >= 15 is 0 Å². The molecule has 1 fully saturated rings. The van der Waals surface area contributed by atoms with Crippen molar-refractivity contribution in [1.82, 2.24) is 9.80 Å². The fourth-order valence-electron chi connectivity index (χ4n) is 4.96. The Morgan fingerprint density at radius 1 is 1.00 bits per heavy atom. The molecule has 2 amide bonds. The first-order chi connectivity index (χ1) is 17.5. The highest BCUT2D eigenvalue weighted by Crippen LogP contribution is 2.40. The summed E-state index contributed by atoms with van der Waals surface area (Å²) in [4.78, 5) is 35.6. The summed E-state index contributed by atoms with van der Waals surface area (Å²) in [5.74, 6) is 0.648. The Bertz CT molecular complexity index is 1230. The van der Waals surface area contributed by atoms with Crippen LogP contribution in [0, 0.1) is 5.92 Å². The molecule has 1 aliphatic heterocycles. The van der Waals surface area contributed by atoms with Gasteiger partial charge in [0.05, 0.1) is 6.54 Å². The first-order valence-electron chi connectivity index (χ1n) is 12.7. The fourth-order valence-corrected chi connectivity index (χ4v) is 4.96. The molecule has 6 heteroatoms. The number of hydrogen-bond acceptors (Lipinski definition) is 4. The highest BCUT2D eigenvalue weighted by Gasteiger charge is 2.50. The lowest BCUT2D eigenvalue weighted by atomic mass is 9.83. The van der Waals surface area contributed by atoms with Crippen molar-refractivity contribution in [1.29, 1.82) is 0 Å². The van der Waals surface area contributed by atoms with E-state index in [9.17, 15) is 9.59 Å². The van der Waals surface area contributed by atoms with E-state index in [2.05, 4.69) is 6.92 Å². The van der Waals surface area contributed by atoms with Crippen LogP contribution in [0.1, 0.15) is 53.2 Å². The van der Waals surface area contributed by atoms with Crippen LogP contribution in [0.3, 0.4) is 0 Å². The van der Waals surface area contributed by atoms with Gasteiger partial charge in [-0.2, -0.15) is 0 Å². The Morgan fingerprint density at radius 2 is 1.64 bits per heavy atom. The Balaban J connectivity index is 1.43. The van der Waals surface area contributed by atoms with Crippen molar-refractivity contribution >= 4 is 17.8 Å². The van der Waals surface area contributed by atoms with E-state index < -0.39 is 5.54 Å². The summed E-state index contributed by atoms with van der Waals surface area (Å²) in [6.45, 7) is 3.90. The van der Waals surface area contributed by atoms with Gasteiger partial charge in [0, 0.05) is 18.7 Å². The van der Waals surface area contributed by atoms with E-state index in [-0.39, 0.29) is 24.3 Å². The Hall–Kier alpha value is -3.93. The molecule has 1 saturated carbocycles. The minimum absolute atomic E-state index is 0.0444. The normalized spacial score (nSPS) is 16.6. The van der Waals surface area contributed by atoms with E-state index in [0.29, 0.717) is 11.5 Å². The van der Waals surface area contributed by atoms with Crippen LogP contribution in [0.5, 0.6) is 0 Å². The Kier molecular flexibility index (Phi) is 6.59. The number of hydrogen-bond donors (Lipinski definition) is 1. The van der Waals surface area contributed by atoms with Gasteiger partial charge in [-0.25, -0.2) is 4.99 Å². The molecule has 0 saturated heterocycles. The topological polar surface area (TPSA) is 79.0 Å². The highest BCUT2D eigenvalue weighted by molar-refractivity contribution is 6.09. The predicted molar refractivity (Wildman–Crippen MR) is 141 cm³/mol. The number of benzene rings is 3. The van der Waals surface area contributed by atoms with Crippen molar-refractivity contribution in [3.63, 3.8) is 0 Å². The molecular weight excluding hydrogens is 448 g/mol. The maximum atomic E-state index is 14.0. The molecule has 6 nitrogen and oxygen atoms in total. The smallest absolute Gasteiger partial charge is 0.266 e. The third-order valence-corrected chi connectivity index (χ3v) is 6.97. The maximum absolute atomic E-state index is 14.0. The molecule has 0 bridgehead atoms. The molecule has 3 aromatic carbocycles. The number of carbonyl (C=O) groups is 2. The number of rotatable bonds is 9. The number of aliphatic imine (C=N–C) groups is 1. The second kappa shape index (κ2) is 9.97. The van der Waals surface area contributed by atoms with Gasteiger partial charge in [0.25, 0.3) is 11.8 Å². The number of nitrogens with zero attached hydrogens (tertiary/aromatic N) is 3. The quantitative estimate of drug-likeness (QED) is 0.488. The summed E-state index contributed by atoms with van der Waals surface area (Å²) in [6.07, 6.45) is 3.33. The largest absolute Gasteiger partial charge is 0.369 e. The highest BCUT2D eigenvalue weighted by atomic mass is 16.2. The Morgan fingerprint density at radius 3 is 2.22 bits per heavy atom. The van der Waals surface area contributed by atoms with Crippen LogP contribution >= 0.6 is 0 Å². The summed E-state index contributed by atoms with van der Waals surface area (Å²) in [5, 5.41) is 0. The number of carbonyl (C=O) groups excluding carboxylic acids is 2. The first kappa shape index (κ1) is 23.8. The molecule has 0 radical (unpaired) electrons. The second-order valence-corrected chi connectivity index (χ2v) is 9.70. The van der Waals surface area contributed by atoms with E-state index in [1.54, 1.807) is 0 Å². The van der Waals surface area contributed by atoms with Crippen molar-refractivity contribution in [3.8, 4) is 0 Å². The Labute approximate surface area is 212 Å². The van der Waals surface area contributed by atoms with Crippen molar-refractivity contribution in [2.45, 2.75) is 38.3 Å². The van der Waals surface area contributed by atoms with E-state index in [4.69, 9.17) is 10.7 Å². The number of amides is 2. The average molecular weight is 481 g/mol. The third-order valence-electron chi connectivity index (χ3n) is 6.97. The minimum Gasteiger partial charge on any atom is -0.369 e. The van der Waals surface area contributed by atoms with E-state index in [0.717, 1.165) is 36.2 Å². The number of guanidine groups is 1. The maximum Gasteiger partial charge on any atom is 0.266 e. The molecule has 2 N–H and O–H groups in total. The zero-order valence-electron chi connectivity index (χ0n) is 20.6. The zero-order valence-corrected chi connectivity index (χ0v) is 20.6. The van der Waals surface area contributed by atoms with Crippen LogP contribution in [-0.2, 0) is 16.9 Å². The van der Waals surface area contributed by atoms with Gasteiger partial charge in [0.15, 0.2) is 11.5 Å². The van der Waals surface area contributed by atoms with Gasteiger partial charge in [-0.3, -0.25) is 14.5 Å². The average Bonchev–Trinajstić information content (AvgIpc) is 3.70. The lowest BCUT2D eigenvalue weighted by Gasteiger charge is -2.27. The summed E-state index contributed by atoms with van der Waals surface area (Å²) in [5.41, 5.74) is 8.18. The summed E-state index contributed by atoms with van der Waals surface area (Å²) in [7, 11) is 0. The first-order valence-corrected chi connectivity index (χ1v) is 12.7. The zero-order chi connectivity index (χ0) is 25.1. The monoisotopic (exact) mass is 480 g/mol.